The average molecular weight is 487 g/mol. The van der Waals surface area contributed by atoms with Crippen LogP contribution >= 0.6 is 0 Å². The van der Waals surface area contributed by atoms with Crippen LogP contribution in [0.4, 0.5) is 0 Å². The predicted molar refractivity (Wildman–Crippen MR) is 131 cm³/mol. The van der Waals surface area contributed by atoms with Gasteiger partial charge in [0.05, 0.1) is 16.7 Å². The predicted octanol–water partition coefficient (Wildman–Crippen LogP) is 2.26. The lowest BCUT2D eigenvalue weighted by molar-refractivity contribution is 0.222. The number of nitrogens with zero attached hydrogens (tertiary/aromatic N) is 5. The molecule has 1 aliphatic rings. The second-order valence-corrected chi connectivity index (χ2v) is 10.4. The Morgan fingerprint density at radius 1 is 1.26 bits per heavy atom. The summed E-state index contributed by atoms with van der Waals surface area (Å²) in [6, 6.07) is 4.66. The van der Waals surface area contributed by atoms with Crippen LogP contribution in [0.25, 0.3) is 22.4 Å². The minimum absolute atomic E-state index is 0.0368. The highest BCUT2D eigenvalue weighted by Gasteiger charge is 2.29. The maximum absolute atomic E-state index is 13.3. The number of hydrogen-bond donors (Lipinski definition) is 1. The third kappa shape index (κ3) is 4.50. The van der Waals surface area contributed by atoms with E-state index < -0.39 is 10.0 Å². The fourth-order valence-corrected chi connectivity index (χ4v) is 5.36. The summed E-state index contributed by atoms with van der Waals surface area (Å²) >= 11 is 0. The van der Waals surface area contributed by atoms with Gasteiger partial charge < -0.3 is 14.6 Å². The highest BCUT2D eigenvalue weighted by Crippen LogP contribution is 2.32. The lowest BCUT2D eigenvalue weighted by Crippen LogP contribution is -2.47. The number of H-pyrrole nitrogens is 1. The molecule has 1 unspecified atom stereocenters. The molecule has 1 fully saturated rings. The normalized spacial score (nSPS) is 16.6. The molecule has 0 amide bonds. The van der Waals surface area contributed by atoms with Crippen molar-refractivity contribution in [2.75, 3.05) is 39.8 Å². The Bertz CT molecular complexity index is 1360. The Labute approximate surface area is 198 Å². The number of likely N-dealkylation sites (N-methyl/N-ethyl adjacent to an activating group) is 1. The first-order valence-electron chi connectivity index (χ1n) is 11.3. The summed E-state index contributed by atoms with van der Waals surface area (Å²) in [4.78, 5) is 22.6. The van der Waals surface area contributed by atoms with E-state index in [2.05, 4.69) is 26.5 Å². The number of rotatable bonds is 8. The maximum atomic E-state index is 13.3. The van der Waals surface area contributed by atoms with Gasteiger partial charge in [-0.2, -0.15) is 9.40 Å². The summed E-state index contributed by atoms with van der Waals surface area (Å²) in [7, 11) is -1.75. The Hall–Kier alpha value is -3.02. The SMILES string of the molecule is C=CCOc1ccc(S(=O)(=O)N2CCN(C)CC2)cc1-c1nc2cnn(C(C)CC)c2c(=O)[nH]1. The highest BCUT2D eigenvalue weighted by molar-refractivity contribution is 7.89. The van der Waals surface area contributed by atoms with Gasteiger partial charge in [0.15, 0.2) is 5.52 Å². The maximum Gasteiger partial charge on any atom is 0.277 e. The van der Waals surface area contributed by atoms with Crippen LogP contribution in [0, 0.1) is 0 Å². The van der Waals surface area contributed by atoms with Crippen LogP contribution in [0.1, 0.15) is 26.3 Å². The first kappa shape index (κ1) is 24.1. The average Bonchev–Trinajstić information content (AvgIpc) is 3.27. The Morgan fingerprint density at radius 2 is 2.00 bits per heavy atom. The van der Waals surface area contributed by atoms with Gasteiger partial charge in [0.2, 0.25) is 10.0 Å². The smallest absolute Gasteiger partial charge is 0.277 e. The molecule has 2 aromatic heterocycles. The van der Waals surface area contributed by atoms with Crippen molar-refractivity contribution in [3.63, 3.8) is 0 Å². The van der Waals surface area contributed by atoms with Gasteiger partial charge in [-0.05, 0) is 38.6 Å². The standard InChI is InChI=1S/C23H30N6O4S/c1-5-13-33-20-8-7-17(34(31,32)28-11-9-27(4)10-12-28)14-18(20)22-25-19-15-24-29(16(3)6-2)21(19)23(30)26-22/h5,7-8,14-16H,1,6,9-13H2,2-4H3,(H,25,26,30). The molecule has 0 radical (unpaired) electrons. The monoisotopic (exact) mass is 486 g/mol. The van der Waals surface area contributed by atoms with E-state index in [1.807, 2.05) is 20.9 Å². The van der Waals surface area contributed by atoms with E-state index in [1.165, 1.54) is 16.4 Å². The van der Waals surface area contributed by atoms with Crippen LogP contribution in [0.15, 0.2) is 46.7 Å². The minimum Gasteiger partial charge on any atom is -0.489 e. The van der Waals surface area contributed by atoms with Crippen LogP contribution in [0.5, 0.6) is 5.75 Å². The van der Waals surface area contributed by atoms with E-state index in [0.29, 0.717) is 48.5 Å². The summed E-state index contributed by atoms with van der Waals surface area (Å²) in [6.07, 6.45) is 3.95. The van der Waals surface area contributed by atoms with E-state index in [9.17, 15) is 13.2 Å². The van der Waals surface area contributed by atoms with Crippen LogP contribution in [-0.2, 0) is 10.0 Å². The largest absolute Gasteiger partial charge is 0.489 e. The molecule has 3 heterocycles. The zero-order chi connectivity index (χ0) is 24.5. The van der Waals surface area contributed by atoms with Gasteiger partial charge in [-0.25, -0.2) is 13.4 Å². The molecule has 10 nitrogen and oxygen atoms in total. The number of sulfonamides is 1. The molecule has 0 saturated carbocycles. The molecule has 4 rings (SSSR count). The van der Waals surface area contributed by atoms with Crippen molar-refractivity contribution in [1.82, 2.24) is 29.0 Å². The molecular weight excluding hydrogens is 456 g/mol. The molecule has 1 atom stereocenters. The molecule has 11 heteroatoms. The molecule has 0 spiro atoms. The van der Waals surface area contributed by atoms with Crippen molar-refractivity contribution in [1.29, 1.82) is 0 Å². The number of aromatic nitrogens is 4. The van der Waals surface area contributed by atoms with Gasteiger partial charge in [-0.3, -0.25) is 9.48 Å². The van der Waals surface area contributed by atoms with Crippen LogP contribution in [0.3, 0.4) is 0 Å². The summed E-state index contributed by atoms with van der Waals surface area (Å²) in [5, 5.41) is 4.34. The second kappa shape index (κ2) is 9.69. The first-order chi connectivity index (χ1) is 16.3. The van der Waals surface area contributed by atoms with E-state index in [4.69, 9.17) is 4.74 Å². The summed E-state index contributed by atoms with van der Waals surface area (Å²) < 4.78 is 35.6. The number of ether oxygens (including phenoxy) is 1. The van der Waals surface area contributed by atoms with Crippen molar-refractivity contribution in [3.8, 4) is 17.1 Å². The van der Waals surface area contributed by atoms with Gasteiger partial charge >= 0.3 is 0 Å². The molecule has 1 aromatic carbocycles. The van der Waals surface area contributed by atoms with E-state index in [-0.39, 0.29) is 28.9 Å². The lowest BCUT2D eigenvalue weighted by Gasteiger charge is -2.31. The minimum atomic E-state index is -3.72. The van der Waals surface area contributed by atoms with Crippen molar-refractivity contribution in [2.24, 2.45) is 0 Å². The number of piperazine rings is 1. The van der Waals surface area contributed by atoms with Crippen molar-refractivity contribution < 1.29 is 13.2 Å². The van der Waals surface area contributed by atoms with Crippen LogP contribution in [-0.4, -0.2) is 77.2 Å². The van der Waals surface area contributed by atoms with Crippen LogP contribution < -0.4 is 10.3 Å². The van der Waals surface area contributed by atoms with E-state index in [1.54, 1.807) is 23.0 Å². The number of fused-ring (bicyclic) bond motifs is 1. The van der Waals surface area contributed by atoms with Crippen molar-refractivity contribution in [2.45, 2.75) is 31.2 Å². The third-order valence-corrected chi connectivity index (χ3v) is 8.02. The topological polar surface area (TPSA) is 113 Å². The Morgan fingerprint density at radius 3 is 2.68 bits per heavy atom. The summed E-state index contributed by atoms with van der Waals surface area (Å²) in [5.41, 5.74) is 0.848. The van der Waals surface area contributed by atoms with Crippen molar-refractivity contribution >= 4 is 21.1 Å². The molecule has 34 heavy (non-hydrogen) atoms. The van der Waals surface area contributed by atoms with E-state index in [0.717, 1.165) is 6.42 Å². The zero-order valence-electron chi connectivity index (χ0n) is 19.7. The molecule has 0 aliphatic carbocycles. The fraction of sp³-hybridized carbons (Fsp3) is 0.435. The summed E-state index contributed by atoms with van der Waals surface area (Å²) in [5.74, 6) is 0.615. The Kier molecular flexibility index (Phi) is 6.87. The second-order valence-electron chi connectivity index (χ2n) is 8.46. The van der Waals surface area contributed by atoms with Gasteiger partial charge in [-0.1, -0.05) is 19.6 Å². The number of nitrogens with one attached hydrogen (secondary N) is 1. The number of aromatic amines is 1. The molecule has 182 valence electrons. The quantitative estimate of drug-likeness (QED) is 0.486. The number of hydrogen-bond acceptors (Lipinski definition) is 7. The molecule has 1 saturated heterocycles. The van der Waals surface area contributed by atoms with Gasteiger partial charge in [-0.15, -0.1) is 0 Å². The van der Waals surface area contributed by atoms with Gasteiger partial charge in [0.25, 0.3) is 5.56 Å². The molecular formula is C23H30N6O4S. The van der Waals surface area contributed by atoms with E-state index >= 15 is 0 Å². The van der Waals surface area contributed by atoms with Crippen LogP contribution in [0.2, 0.25) is 0 Å². The first-order valence-corrected chi connectivity index (χ1v) is 12.7. The highest BCUT2D eigenvalue weighted by atomic mass is 32.2. The van der Waals surface area contributed by atoms with Crippen molar-refractivity contribution in [3.05, 3.63) is 47.4 Å². The molecule has 0 bridgehead atoms. The number of benzene rings is 1. The summed E-state index contributed by atoms with van der Waals surface area (Å²) in [6.45, 7) is 10.0. The zero-order valence-corrected chi connectivity index (χ0v) is 20.5. The molecule has 3 aromatic rings. The molecule has 1 aliphatic heterocycles. The lowest BCUT2D eigenvalue weighted by atomic mass is 10.2. The third-order valence-electron chi connectivity index (χ3n) is 6.13. The van der Waals surface area contributed by atoms with Gasteiger partial charge in [0, 0.05) is 32.2 Å². The molecule has 1 N–H and O–H groups in total. The fourth-order valence-electron chi connectivity index (χ4n) is 3.91. The Balaban J connectivity index is 1.82. The van der Waals surface area contributed by atoms with Gasteiger partial charge in [0.1, 0.15) is 23.7 Å².